The summed E-state index contributed by atoms with van der Waals surface area (Å²) < 4.78 is 0. The Hall–Kier alpha value is -0.790. The van der Waals surface area contributed by atoms with Crippen LogP contribution in [0.2, 0.25) is 0 Å². The third kappa shape index (κ3) is 3.08. The molecule has 0 heterocycles. The monoisotopic (exact) mass is 209 g/mol. The third-order valence-corrected chi connectivity index (χ3v) is 3.23. The van der Waals surface area contributed by atoms with Crippen LogP contribution < -0.4 is 5.32 Å². The van der Waals surface area contributed by atoms with Crippen LogP contribution in [0.5, 0.6) is 0 Å². The molecule has 0 aliphatic heterocycles. The zero-order valence-electron chi connectivity index (χ0n) is 10.4. The summed E-state index contributed by atoms with van der Waals surface area (Å²) in [5.74, 6) is 1.07. The average molecular weight is 209 g/mol. The summed E-state index contributed by atoms with van der Waals surface area (Å²) in [6.07, 6.45) is 3.02. The predicted molar refractivity (Wildman–Crippen MR) is 63.5 cm³/mol. The van der Waals surface area contributed by atoms with Gasteiger partial charge in [-0.2, -0.15) is 0 Å². The molecule has 0 aromatic rings. The van der Waals surface area contributed by atoms with Crippen molar-refractivity contribution in [1.29, 1.82) is 0 Å². The summed E-state index contributed by atoms with van der Waals surface area (Å²) in [5, 5.41) is 3.13. The van der Waals surface area contributed by atoms with Crippen molar-refractivity contribution in [2.75, 3.05) is 0 Å². The fourth-order valence-corrected chi connectivity index (χ4v) is 1.88. The van der Waals surface area contributed by atoms with Crippen LogP contribution >= 0.6 is 0 Å². The van der Waals surface area contributed by atoms with Crippen LogP contribution in [-0.2, 0) is 4.79 Å². The van der Waals surface area contributed by atoms with Crippen LogP contribution in [0.4, 0.5) is 0 Å². The van der Waals surface area contributed by atoms with Crippen LogP contribution in [0, 0.1) is 11.8 Å². The quantitative estimate of drug-likeness (QED) is 0.693. The van der Waals surface area contributed by atoms with Gasteiger partial charge in [0.15, 0.2) is 0 Å². The van der Waals surface area contributed by atoms with Gasteiger partial charge in [0.05, 0.1) is 0 Å². The highest BCUT2D eigenvalue weighted by atomic mass is 16.1. The Balaban J connectivity index is 2.46. The van der Waals surface area contributed by atoms with E-state index in [9.17, 15) is 4.79 Å². The van der Waals surface area contributed by atoms with Crippen molar-refractivity contribution in [2.24, 2.45) is 11.8 Å². The zero-order chi connectivity index (χ0) is 11.6. The van der Waals surface area contributed by atoms with E-state index < -0.39 is 0 Å². The number of amides is 1. The second-order valence-corrected chi connectivity index (χ2v) is 5.47. The van der Waals surface area contributed by atoms with Crippen molar-refractivity contribution in [3.8, 4) is 0 Å². The molecule has 15 heavy (non-hydrogen) atoms. The fourth-order valence-electron chi connectivity index (χ4n) is 1.88. The molecule has 86 valence electrons. The lowest BCUT2D eigenvalue weighted by molar-refractivity contribution is -0.119. The Labute approximate surface area is 93.1 Å². The molecule has 0 aromatic carbocycles. The van der Waals surface area contributed by atoms with Gasteiger partial charge >= 0.3 is 0 Å². The molecule has 0 radical (unpaired) electrons. The maximum atomic E-state index is 11.8. The highest BCUT2D eigenvalue weighted by Gasteiger charge is 2.46. The van der Waals surface area contributed by atoms with Gasteiger partial charge < -0.3 is 5.32 Å². The summed E-state index contributed by atoms with van der Waals surface area (Å²) in [5.41, 5.74) is 0.800. The molecule has 1 N–H and O–H groups in total. The molecule has 1 aliphatic carbocycles. The van der Waals surface area contributed by atoms with Crippen molar-refractivity contribution in [3.05, 3.63) is 12.2 Å². The van der Waals surface area contributed by atoms with Gasteiger partial charge in [-0.3, -0.25) is 4.79 Å². The number of carbonyl (C=O) groups excluding carboxylic acids is 1. The minimum Gasteiger partial charge on any atom is -0.347 e. The molecule has 0 saturated heterocycles. The third-order valence-electron chi connectivity index (χ3n) is 3.23. The van der Waals surface area contributed by atoms with Gasteiger partial charge in [0, 0.05) is 11.1 Å². The van der Waals surface area contributed by atoms with E-state index in [2.05, 4.69) is 39.6 Å². The Morgan fingerprint density at radius 2 is 1.87 bits per heavy atom. The molecule has 0 aromatic heterocycles. The van der Waals surface area contributed by atoms with Gasteiger partial charge in [0.25, 0.3) is 0 Å². The molecule has 2 heteroatoms. The smallest absolute Gasteiger partial charge is 0.247 e. The summed E-state index contributed by atoms with van der Waals surface area (Å²) in [4.78, 5) is 11.8. The fraction of sp³-hybridized carbons (Fsp3) is 0.769. The standard InChI is InChI=1S/C13H23NO/c1-9(2)8-11(5)12(15)14-13(6-7-13)10(3)4/h9-10H,5-8H2,1-4H3,(H,14,15). The first-order valence-corrected chi connectivity index (χ1v) is 5.87. The maximum absolute atomic E-state index is 11.8. The molecule has 0 unspecified atom stereocenters. The molecule has 1 aliphatic rings. The SMILES string of the molecule is C=C(CC(C)C)C(=O)NC1(C(C)C)CC1. The molecule has 1 amide bonds. The number of hydrogen-bond donors (Lipinski definition) is 1. The Morgan fingerprint density at radius 1 is 1.33 bits per heavy atom. The van der Waals surface area contributed by atoms with Crippen LogP contribution in [0.15, 0.2) is 12.2 Å². The van der Waals surface area contributed by atoms with Gasteiger partial charge in [-0.25, -0.2) is 0 Å². The van der Waals surface area contributed by atoms with Crippen molar-refractivity contribution in [3.63, 3.8) is 0 Å². The highest BCUT2D eigenvalue weighted by Crippen LogP contribution is 2.42. The second kappa shape index (κ2) is 4.38. The van der Waals surface area contributed by atoms with Crippen molar-refractivity contribution in [2.45, 2.75) is 52.5 Å². The van der Waals surface area contributed by atoms with Gasteiger partial charge in [-0.15, -0.1) is 0 Å². The molecule has 1 fully saturated rings. The first-order chi connectivity index (χ1) is 6.87. The Morgan fingerprint density at radius 3 is 2.20 bits per heavy atom. The van der Waals surface area contributed by atoms with E-state index >= 15 is 0 Å². The lowest BCUT2D eigenvalue weighted by atomic mass is 9.99. The lowest BCUT2D eigenvalue weighted by Gasteiger charge is -2.22. The van der Waals surface area contributed by atoms with Crippen molar-refractivity contribution < 1.29 is 4.79 Å². The summed E-state index contributed by atoms with van der Waals surface area (Å²) >= 11 is 0. The van der Waals surface area contributed by atoms with E-state index in [0.717, 1.165) is 24.8 Å². The molecule has 1 rings (SSSR count). The van der Waals surface area contributed by atoms with Gasteiger partial charge in [0.2, 0.25) is 5.91 Å². The summed E-state index contributed by atoms with van der Waals surface area (Å²) in [7, 11) is 0. The summed E-state index contributed by atoms with van der Waals surface area (Å²) in [6.45, 7) is 12.4. The second-order valence-electron chi connectivity index (χ2n) is 5.47. The van der Waals surface area contributed by atoms with E-state index in [1.807, 2.05) is 0 Å². The van der Waals surface area contributed by atoms with Crippen molar-refractivity contribution >= 4 is 5.91 Å². The number of carbonyl (C=O) groups is 1. The largest absolute Gasteiger partial charge is 0.347 e. The predicted octanol–water partition coefficient (Wildman–Crippen LogP) is 2.89. The lowest BCUT2D eigenvalue weighted by Crippen LogP contribution is -2.41. The maximum Gasteiger partial charge on any atom is 0.247 e. The molecule has 0 bridgehead atoms. The summed E-state index contributed by atoms with van der Waals surface area (Å²) in [6, 6.07) is 0. The molecule has 0 spiro atoms. The number of hydrogen-bond acceptors (Lipinski definition) is 1. The topological polar surface area (TPSA) is 29.1 Å². The van der Waals surface area contributed by atoms with Crippen LogP contribution in [0.3, 0.4) is 0 Å². The van der Waals surface area contributed by atoms with E-state index in [0.29, 0.717) is 11.8 Å². The molecular weight excluding hydrogens is 186 g/mol. The van der Waals surface area contributed by atoms with Crippen LogP contribution in [0.25, 0.3) is 0 Å². The van der Waals surface area contributed by atoms with Crippen LogP contribution in [-0.4, -0.2) is 11.4 Å². The van der Waals surface area contributed by atoms with E-state index in [1.165, 1.54) is 0 Å². The average Bonchev–Trinajstić information content (AvgIpc) is 2.84. The van der Waals surface area contributed by atoms with Gasteiger partial charge in [-0.1, -0.05) is 34.3 Å². The molecule has 0 atom stereocenters. The number of nitrogens with one attached hydrogen (secondary N) is 1. The molecule has 2 nitrogen and oxygen atoms in total. The highest BCUT2D eigenvalue weighted by molar-refractivity contribution is 5.93. The van der Waals surface area contributed by atoms with E-state index in [1.54, 1.807) is 0 Å². The molecular formula is C13H23NO. The van der Waals surface area contributed by atoms with Gasteiger partial charge in [-0.05, 0) is 31.1 Å². The van der Waals surface area contributed by atoms with Gasteiger partial charge in [0.1, 0.15) is 0 Å². The normalized spacial score (nSPS) is 18.0. The Kier molecular flexibility index (Phi) is 3.58. The molecule has 1 saturated carbocycles. The number of rotatable bonds is 5. The minimum atomic E-state index is 0.0508. The minimum absolute atomic E-state index is 0.0508. The van der Waals surface area contributed by atoms with Crippen molar-refractivity contribution in [1.82, 2.24) is 5.32 Å². The zero-order valence-corrected chi connectivity index (χ0v) is 10.4. The van der Waals surface area contributed by atoms with E-state index in [4.69, 9.17) is 0 Å². The van der Waals surface area contributed by atoms with Crippen LogP contribution in [0.1, 0.15) is 47.0 Å². The van der Waals surface area contributed by atoms with E-state index in [-0.39, 0.29) is 11.4 Å². The first kappa shape index (κ1) is 12.3. The Bertz CT molecular complexity index is 262. The first-order valence-electron chi connectivity index (χ1n) is 5.87.